The van der Waals surface area contributed by atoms with Gasteiger partial charge in [-0.2, -0.15) is 0 Å². The van der Waals surface area contributed by atoms with Crippen LogP contribution in [0.15, 0.2) is 59.5 Å². The van der Waals surface area contributed by atoms with E-state index in [0.717, 1.165) is 12.5 Å². The highest BCUT2D eigenvalue weighted by atomic mass is 35.5. The number of amides is 2. The number of anilines is 1. The maximum absolute atomic E-state index is 11.9. The molecule has 0 fully saturated rings. The van der Waals surface area contributed by atoms with E-state index in [2.05, 4.69) is 10.6 Å². The first-order valence-corrected chi connectivity index (χ1v) is 10.1. The van der Waals surface area contributed by atoms with Crippen LogP contribution < -0.4 is 15.4 Å². The number of carbonyl (C=O) groups is 2. The summed E-state index contributed by atoms with van der Waals surface area (Å²) in [6.07, 6.45) is 2.93. The van der Waals surface area contributed by atoms with Gasteiger partial charge in [0.2, 0.25) is 11.8 Å². The first-order valence-electron chi connectivity index (χ1n) is 7.85. The van der Waals surface area contributed by atoms with E-state index in [-0.39, 0.29) is 10.0 Å². The Labute approximate surface area is 172 Å². The van der Waals surface area contributed by atoms with Crippen molar-refractivity contribution in [2.75, 3.05) is 5.32 Å². The number of carbonyl (C=O) groups excluding carboxylic acids is 2. The molecule has 0 bridgehead atoms. The fourth-order valence-electron chi connectivity index (χ4n) is 2.03. The average molecular weight is 438 g/mol. The van der Waals surface area contributed by atoms with E-state index >= 15 is 0 Å². The first-order chi connectivity index (χ1) is 13.2. The number of rotatable bonds is 5. The SMILES string of the molecule is CC(=O)NS(=O)(=O)c1ccc(NC(=S)NC(=O)/C=C/c2ccc(Cl)cc2)cc1. The highest BCUT2D eigenvalue weighted by Crippen LogP contribution is 2.14. The van der Waals surface area contributed by atoms with Crippen molar-refractivity contribution in [1.82, 2.24) is 10.0 Å². The maximum atomic E-state index is 11.9. The lowest BCUT2D eigenvalue weighted by Gasteiger charge is -2.09. The summed E-state index contributed by atoms with van der Waals surface area (Å²) in [5.74, 6) is -1.12. The number of hydrogen-bond donors (Lipinski definition) is 3. The minimum Gasteiger partial charge on any atom is -0.332 e. The van der Waals surface area contributed by atoms with Gasteiger partial charge in [-0.15, -0.1) is 0 Å². The van der Waals surface area contributed by atoms with Gasteiger partial charge in [-0.25, -0.2) is 13.1 Å². The summed E-state index contributed by atoms with van der Waals surface area (Å²) >= 11 is 10.9. The van der Waals surface area contributed by atoms with E-state index in [1.807, 2.05) is 4.72 Å². The van der Waals surface area contributed by atoms with Crippen LogP contribution in [0.1, 0.15) is 12.5 Å². The van der Waals surface area contributed by atoms with Gasteiger partial charge in [-0.05, 0) is 60.3 Å². The molecule has 2 aromatic rings. The second-order valence-electron chi connectivity index (χ2n) is 5.51. The zero-order valence-electron chi connectivity index (χ0n) is 14.6. The van der Waals surface area contributed by atoms with Crippen LogP contribution in [0.3, 0.4) is 0 Å². The van der Waals surface area contributed by atoms with Gasteiger partial charge in [0.1, 0.15) is 0 Å². The van der Waals surface area contributed by atoms with E-state index < -0.39 is 21.8 Å². The molecule has 146 valence electrons. The summed E-state index contributed by atoms with van der Waals surface area (Å²) in [5.41, 5.74) is 1.27. The van der Waals surface area contributed by atoms with Gasteiger partial charge in [-0.1, -0.05) is 23.7 Å². The van der Waals surface area contributed by atoms with Crippen molar-refractivity contribution in [3.63, 3.8) is 0 Å². The minimum absolute atomic E-state index is 0.0447. The van der Waals surface area contributed by atoms with Crippen LogP contribution >= 0.6 is 23.8 Å². The highest BCUT2D eigenvalue weighted by molar-refractivity contribution is 7.90. The normalized spacial score (nSPS) is 11.1. The third-order valence-corrected chi connectivity index (χ3v) is 5.14. The molecule has 10 heteroatoms. The van der Waals surface area contributed by atoms with E-state index in [0.29, 0.717) is 10.7 Å². The monoisotopic (exact) mass is 437 g/mol. The fourth-order valence-corrected chi connectivity index (χ4v) is 3.36. The largest absolute Gasteiger partial charge is 0.332 e. The van der Waals surface area contributed by atoms with Crippen LogP contribution in [0.4, 0.5) is 5.69 Å². The van der Waals surface area contributed by atoms with Crippen LogP contribution in [0.25, 0.3) is 6.08 Å². The van der Waals surface area contributed by atoms with Crippen LogP contribution in [0.2, 0.25) is 5.02 Å². The molecule has 7 nitrogen and oxygen atoms in total. The topological polar surface area (TPSA) is 104 Å². The average Bonchev–Trinajstić information content (AvgIpc) is 2.60. The first kappa shape index (κ1) is 21.5. The lowest BCUT2D eigenvalue weighted by atomic mass is 10.2. The Balaban J connectivity index is 1.92. The third-order valence-electron chi connectivity index (χ3n) is 3.23. The number of hydrogen-bond acceptors (Lipinski definition) is 5. The number of nitrogens with one attached hydrogen (secondary N) is 3. The lowest BCUT2D eigenvalue weighted by Crippen LogP contribution is -2.32. The molecular weight excluding hydrogens is 422 g/mol. The second-order valence-corrected chi connectivity index (χ2v) is 8.04. The molecule has 0 aliphatic heterocycles. The molecule has 0 aliphatic rings. The van der Waals surface area contributed by atoms with Gasteiger partial charge < -0.3 is 5.32 Å². The van der Waals surface area contributed by atoms with Gasteiger partial charge in [0.25, 0.3) is 10.0 Å². The molecule has 0 aliphatic carbocycles. The van der Waals surface area contributed by atoms with Gasteiger partial charge in [0.05, 0.1) is 4.90 Å². The van der Waals surface area contributed by atoms with Crippen molar-refractivity contribution in [2.24, 2.45) is 0 Å². The fraction of sp³-hybridized carbons (Fsp3) is 0.0556. The maximum Gasteiger partial charge on any atom is 0.264 e. The standard InChI is InChI=1S/C18H16ClN3O4S2/c1-12(23)22-28(25,26)16-9-7-15(8-10-16)20-18(27)21-17(24)11-4-13-2-5-14(19)6-3-13/h2-11H,1H3,(H,22,23)(H2,20,21,24,27)/b11-4+. The zero-order valence-corrected chi connectivity index (χ0v) is 17.0. The molecule has 2 aromatic carbocycles. The Morgan fingerprint density at radius 1 is 1.04 bits per heavy atom. The number of sulfonamides is 1. The molecule has 28 heavy (non-hydrogen) atoms. The van der Waals surface area contributed by atoms with Crippen molar-refractivity contribution in [1.29, 1.82) is 0 Å². The van der Waals surface area contributed by atoms with Gasteiger partial charge in [0, 0.05) is 23.7 Å². The van der Waals surface area contributed by atoms with Crippen LogP contribution in [0, 0.1) is 0 Å². The van der Waals surface area contributed by atoms with Gasteiger partial charge in [-0.3, -0.25) is 14.9 Å². The molecule has 0 radical (unpaired) electrons. The zero-order chi connectivity index (χ0) is 20.7. The predicted octanol–water partition coefficient (Wildman–Crippen LogP) is 2.69. The van der Waals surface area contributed by atoms with E-state index in [1.165, 1.54) is 30.3 Å². The molecule has 0 aromatic heterocycles. The highest BCUT2D eigenvalue weighted by Gasteiger charge is 2.15. The Bertz CT molecular complexity index is 1020. The summed E-state index contributed by atoms with van der Waals surface area (Å²) in [6, 6.07) is 12.5. The Morgan fingerprint density at radius 3 is 2.21 bits per heavy atom. The van der Waals surface area contributed by atoms with E-state index in [4.69, 9.17) is 23.8 Å². The summed E-state index contributed by atoms with van der Waals surface area (Å²) in [4.78, 5) is 22.8. The second kappa shape index (κ2) is 9.45. The Hall–Kier alpha value is -2.75. The summed E-state index contributed by atoms with van der Waals surface area (Å²) in [5, 5.41) is 5.88. The molecule has 0 heterocycles. The number of halogens is 1. The molecule has 0 saturated carbocycles. The summed E-state index contributed by atoms with van der Waals surface area (Å²) in [6.45, 7) is 1.11. The van der Waals surface area contributed by atoms with Crippen molar-refractivity contribution >= 4 is 62.5 Å². The van der Waals surface area contributed by atoms with Crippen molar-refractivity contribution in [3.8, 4) is 0 Å². The number of benzene rings is 2. The van der Waals surface area contributed by atoms with E-state index in [1.54, 1.807) is 30.3 Å². The molecule has 0 saturated heterocycles. The van der Waals surface area contributed by atoms with Crippen molar-refractivity contribution < 1.29 is 18.0 Å². The van der Waals surface area contributed by atoms with Crippen molar-refractivity contribution in [3.05, 3.63) is 65.2 Å². The molecule has 0 unspecified atom stereocenters. The molecular formula is C18H16ClN3O4S2. The van der Waals surface area contributed by atoms with Crippen LogP contribution in [-0.2, 0) is 19.6 Å². The van der Waals surface area contributed by atoms with Crippen molar-refractivity contribution in [2.45, 2.75) is 11.8 Å². The summed E-state index contributed by atoms with van der Waals surface area (Å²) < 4.78 is 25.6. The minimum atomic E-state index is -3.91. The lowest BCUT2D eigenvalue weighted by molar-refractivity contribution is -0.117. The van der Waals surface area contributed by atoms with Gasteiger partial charge in [0.15, 0.2) is 5.11 Å². The summed E-state index contributed by atoms with van der Waals surface area (Å²) in [7, 11) is -3.91. The quantitative estimate of drug-likeness (QED) is 0.490. The Morgan fingerprint density at radius 2 is 1.64 bits per heavy atom. The molecule has 0 spiro atoms. The molecule has 2 amide bonds. The Kier molecular flexibility index (Phi) is 7.27. The third kappa shape index (κ3) is 6.76. The van der Waals surface area contributed by atoms with Crippen LogP contribution in [0.5, 0.6) is 0 Å². The molecule has 2 rings (SSSR count). The molecule has 0 atom stereocenters. The van der Waals surface area contributed by atoms with Crippen LogP contribution in [-0.4, -0.2) is 25.3 Å². The molecule has 3 N–H and O–H groups in total. The number of thiocarbonyl (C=S) groups is 1. The van der Waals surface area contributed by atoms with E-state index in [9.17, 15) is 18.0 Å². The van der Waals surface area contributed by atoms with Gasteiger partial charge >= 0.3 is 0 Å². The smallest absolute Gasteiger partial charge is 0.264 e. The predicted molar refractivity (Wildman–Crippen MR) is 112 cm³/mol.